The van der Waals surface area contributed by atoms with Gasteiger partial charge in [0.15, 0.2) is 0 Å². The van der Waals surface area contributed by atoms with Gasteiger partial charge in [-0.1, -0.05) is 31.2 Å². The van der Waals surface area contributed by atoms with Crippen LogP contribution in [0.3, 0.4) is 0 Å². The molecular weight excluding hydrogens is 222 g/mol. The Morgan fingerprint density at radius 2 is 2.17 bits per heavy atom. The zero-order valence-corrected chi connectivity index (χ0v) is 11.2. The lowest BCUT2D eigenvalue weighted by Crippen LogP contribution is -2.53. The Hall–Kier alpha value is -0.860. The summed E-state index contributed by atoms with van der Waals surface area (Å²) >= 11 is 0. The Balaban J connectivity index is 1.95. The molecule has 2 aliphatic rings. The summed E-state index contributed by atoms with van der Waals surface area (Å²) in [4.78, 5) is 0. The standard InChI is InChI=1S/C16H23NO/c1-12-8-10-17-15(11-12)16(18)9-4-6-13-5-2-3-7-14(13)16/h2-3,5,7,12,15,17-18H,4,6,8-11H2,1H3. The number of nitrogens with one attached hydrogen (secondary N) is 1. The Morgan fingerprint density at radius 1 is 1.33 bits per heavy atom. The Kier molecular flexibility index (Phi) is 3.16. The molecule has 18 heavy (non-hydrogen) atoms. The van der Waals surface area contributed by atoms with Crippen LogP contribution in [0.4, 0.5) is 0 Å². The van der Waals surface area contributed by atoms with Crippen molar-refractivity contribution in [1.82, 2.24) is 5.32 Å². The van der Waals surface area contributed by atoms with E-state index in [4.69, 9.17) is 0 Å². The fourth-order valence-corrected chi connectivity index (χ4v) is 3.68. The van der Waals surface area contributed by atoms with Crippen molar-refractivity contribution in [2.75, 3.05) is 6.54 Å². The van der Waals surface area contributed by atoms with Crippen molar-refractivity contribution in [3.8, 4) is 0 Å². The van der Waals surface area contributed by atoms with Crippen molar-refractivity contribution < 1.29 is 5.11 Å². The van der Waals surface area contributed by atoms with Gasteiger partial charge in [0, 0.05) is 6.04 Å². The molecule has 0 aromatic heterocycles. The quantitative estimate of drug-likeness (QED) is 0.797. The van der Waals surface area contributed by atoms with E-state index in [1.807, 2.05) is 0 Å². The third-order valence-electron chi connectivity index (χ3n) is 4.73. The summed E-state index contributed by atoms with van der Waals surface area (Å²) in [5.74, 6) is 0.717. The average molecular weight is 245 g/mol. The summed E-state index contributed by atoms with van der Waals surface area (Å²) in [5.41, 5.74) is 1.86. The molecule has 2 N–H and O–H groups in total. The maximum absolute atomic E-state index is 11.2. The van der Waals surface area contributed by atoms with Crippen LogP contribution >= 0.6 is 0 Å². The van der Waals surface area contributed by atoms with Crippen molar-refractivity contribution in [3.05, 3.63) is 35.4 Å². The lowest BCUT2D eigenvalue weighted by Gasteiger charge is -2.44. The van der Waals surface area contributed by atoms with Crippen LogP contribution in [0, 0.1) is 5.92 Å². The number of hydrogen-bond acceptors (Lipinski definition) is 2. The molecular formula is C16H23NO. The van der Waals surface area contributed by atoms with Gasteiger partial charge in [-0.25, -0.2) is 0 Å². The van der Waals surface area contributed by atoms with E-state index in [0.29, 0.717) is 0 Å². The van der Waals surface area contributed by atoms with Gasteiger partial charge in [0.05, 0.1) is 0 Å². The molecule has 1 saturated heterocycles. The second-order valence-electron chi connectivity index (χ2n) is 6.07. The highest BCUT2D eigenvalue weighted by Crippen LogP contribution is 2.40. The second-order valence-corrected chi connectivity index (χ2v) is 6.07. The Labute approximate surface area is 109 Å². The molecule has 3 unspecified atom stereocenters. The minimum atomic E-state index is -0.649. The minimum absolute atomic E-state index is 0.225. The van der Waals surface area contributed by atoms with E-state index < -0.39 is 5.60 Å². The first kappa shape index (κ1) is 12.2. The molecule has 0 radical (unpaired) electrons. The molecule has 1 fully saturated rings. The molecule has 1 heterocycles. The Bertz CT molecular complexity index is 431. The highest BCUT2D eigenvalue weighted by molar-refractivity contribution is 5.36. The third kappa shape index (κ3) is 1.98. The van der Waals surface area contributed by atoms with Crippen LogP contribution in [-0.4, -0.2) is 17.7 Å². The summed E-state index contributed by atoms with van der Waals surface area (Å²) in [6.45, 7) is 3.34. The molecule has 3 rings (SSSR count). The molecule has 0 spiro atoms. The fraction of sp³-hybridized carbons (Fsp3) is 0.625. The van der Waals surface area contributed by atoms with E-state index in [1.54, 1.807) is 0 Å². The zero-order valence-electron chi connectivity index (χ0n) is 11.2. The molecule has 2 nitrogen and oxygen atoms in total. The van der Waals surface area contributed by atoms with E-state index in [0.717, 1.165) is 38.1 Å². The monoisotopic (exact) mass is 245 g/mol. The number of aliphatic hydroxyl groups is 1. The minimum Gasteiger partial charge on any atom is -0.384 e. The maximum atomic E-state index is 11.2. The molecule has 1 aromatic rings. The number of benzene rings is 1. The van der Waals surface area contributed by atoms with Gasteiger partial charge in [0.1, 0.15) is 5.60 Å². The van der Waals surface area contributed by atoms with Crippen molar-refractivity contribution in [3.63, 3.8) is 0 Å². The van der Waals surface area contributed by atoms with Crippen LogP contribution in [0.2, 0.25) is 0 Å². The van der Waals surface area contributed by atoms with Crippen molar-refractivity contribution >= 4 is 0 Å². The average Bonchev–Trinajstić information content (AvgIpc) is 2.39. The van der Waals surface area contributed by atoms with Crippen molar-refractivity contribution in [1.29, 1.82) is 0 Å². The molecule has 1 aliphatic carbocycles. The van der Waals surface area contributed by atoms with Gasteiger partial charge in [-0.3, -0.25) is 0 Å². The zero-order chi connectivity index (χ0) is 12.6. The van der Waals surface area contributed by atoms with Gasteiger partial charge in [-0.05, 0) is 55.7 Å². The molecule has 98 valence electrons. The first-order chi connectivity index (χ1) is 8.70. The van der Waals surface area contributed by atoms with Crippen molar-refractivity contribution in [2.24, 2.45) is 5.92 Å². The predicted octanol–water partition coefficient (Wildman–Crippen LogP) is 2.60. The molecule has 3 atom stereocenters. The van der Waals surface area contributed by atoms with Crippen molar-refractivity contribution in [2.45, 2.75) is 50.7 Å². The normalized spacial score (nSPS) is 36.1. The maximum Gasteiger partial charge on any atom is 0.105 e. The molecule has 2 heteroatoms. The van der Waals surface area contributed by atoms with Crippen LogP contribution in [0.1, 0.15) is 43.7 Å². The second kappa shape index (κ2) is 4.67. The summed E-state index contributed by atoms with van der Waals surface area (Å²) < 4.78 is 0. The predicted molar refractivity (Wildman–Crippen MR) is 73.5 cm³/mol. The molecule has 1 aromatic carbocycles. The highest BCUT2D eigenvalue weighted by Gasteiger charge is 2.42. The van der Waals surface area contributed by atoms with E-state index in [-0.39, 0.29) is 6.04 Å². The molecule has 0 bridgehead atoms. The van der Waals surface area contributed by atoms with Crippen LogP contribution in [-0.2, 0) is 12.0 Å². The van der Waals surface area contributed by atoms with Crippen LogP contribution in [0.5, 0.6) is 0 Å². The summed E-state index contributed by atoms with van der Waals surface area (Å²) in [7, 11) is 0. The van der Waals surface area contributed by atoms with E-state index in [9.17, 15) is 5.11 Å². The Morgan fingerprint density at radius 3 is 3.00 bits per heavy atom. The number of aryl methyl sites for hydroxylation is 1. The highest BCUT2D eigenvalue weighted by atomic mass is 16.3. The fourth-order valence-electron chi connectivity index (χ4n) is 3.68. The first-order valence-electron chi connectivity index (χ1n) is 7.24. The van der Waals surface area contributed by atoms with Crippen LogP contribution in [0.25, 0.3) is 0 Å². The summed E-state index contributed by atoms with van der Waals surface area (Å²) in [6, 6.07) is 8.66. The number of rotatable bonds is 1. The van der Waals surface area contributed by atoms with Gasteiger partial charge in [0.25, 0.3) is 0 Å². The largest absolute Gasteiger partial charge is 0.384 e. The number of piperidine rings is 1. The number of hydrogen-bond donors (Lipinski definition) is 2. The van der Waals surface area contributed by atoms with E-state index in [1.165, 1.54) is 17.5 Å². The first-order valence-corrected chi connectivity index (χ1v) is 7.24. The van der Waals surface area contributed by atoms with E-state index in [2.05, 4.69) is 36.5 Å². The molecule has 0 amide bonds. The summed E-state index contributed by atoms with van der Waals surface area (Å²) in [6.07, 6.45) is 5.42. The SMILES string of the molecule is CC1CCNC(C2(O)CCCc3ccccc32)C1. The van der Waals surface area contributed by atoms with Gasteiger partial charge < -0.3 is 10.4 Å². The third-order valence-corrected chi connectivity index (χ3v) is 4.73. The van der Waals surface area contributed by atoms with Gasteiger partial charge in [0.2, 0.25) is 0 Å². The van der Waals surface area contributed by atoms with Crippen LogP contribution < -0.4 is 5.32 Å². The lowest BCUT2D eigenvalue weighted by molar-refractivity contribution is -0.0330. The lowest BCUT2D eigenvalue weighted by atomic mass is 9.71. The van der Waals surface area contributed by atoms with Crippen LogP contribution in [0.15, 0.2) is 24.3 Å². The van der Waals surface area contributed by atoms with Gasteiger partial charge in [-0.15, -0.1) is 0 Å². The van der Waals surface area contributed by atoms with Gasteiger partial charge >= 0.3 is 0 Å². The topological polar surface area (TPSA) is 32.3 Å². The van der Waals surface area contributed by atoms with Gasteiger partial charge in [-0.2, -0.15) is 0 Å². The number of fused-ring (bicyclic) bond motifs is 1. The molecule has 1 aliphatic heterocycles. The van der Waals surface area contributed by atoms with E-state index >= 15 is 0 Å². The summed E-state index contributed by atoms with van der Waals surface area (Å²) in [5, 5.41) is 14.8. The smallest absolute Gasteiger partial charge is 0.105 e. The molecule has 0 saturated carbocycles.